The first-order valence-corrected chi connectivity index (χ1v) is 6.26. The van der Waals surface area contributed by atoms with Gasteiger partial charge in [-0.05, 0) is 13.1 Å². The Labute approximate surface area is 107 Å². The van der Waals surface area contributed by atoms with Gasteiger partial charge in [0.15, 0.2) is 6.29 Å². The maximum Gasteiger partial charge on any atom is 0.159 e. The molecule has 1 unspecified atom stereocenters. The standard InChI is InChI=1S/C12H21N3O3/c1-13-10(9-12-17-7-8-18-12)11-3-4-14-15(11)5-6-16-2/h3-4,10,12-13H,5-9H2,1-2H3. The second-order valence-corrected chi connectivity index (χ2v) is 4.22. The van der Waals surface area contributed by atoms with E-state index in [0.717, 1.165) is 18.7 Å². The lowest BCUT2D eigenvalue weighted by Crippen LogP contribution is -2.26. The van der Waals surface area contributed by atoms with E-state index >= 15 is 0 Å². The van der Waals surface area contributed by atoms with E-state index in [-0.39, 0.29) is 12.3 Å². The van der Waals surface area contributed by atoms with Gasteiger partial charge in [-0.2, -0.15) is 5.10 Å². The molecule has 0 saturated carbocycles. The second-order valence-electron chi connectivity index (χ2n) is 4.22. The topological polar surface area (TPSA) is 57.5 Å². The van der Waals surface area contributed by atoms with Crippen molar-refractivity contribution in [3.05, 3.63) is 18.0 Å². The third-order valence-corrected chi connectivity index (χ3v) is 3.08. The summed E-state index contributed by atoms with van der Waals surface area (Å²) in [4.78, 5) is 0. The molecule has 2 rings (SSSR count). The Balaban J connectivity index is 1.99. The molecule has 0 aliphatic carbocycles. The lowest BCUT2D eigenvalue weighted by atomic mass is 10.1. The van der Waals surface area contributed by atoms with Crippen molar-refractivity contribution in [2.24, 2.45) is 0 Å². The van der Waals surface area contributed by atoms with E-state index in [2.05, 4.69) is 10.4 Å². The summed E-state index contributed by atoms with van der Waals surface area (Å²) in [5.74, 6) is 0. The largest absolute Gasteiger partial charge is 0.383 e. The van der Waals surface area contributed by atoms with Crippen LogP contribution in [0.15, 0.2) is 12.3 Å². The van der Waals surface area contributed by atoms with Gasteiger partial charge in [0.1, 0.15) is 0 Å². The van der Waals surface area contributed by atoms with Crippen LogP contribution in [0.2, 0.25) is 0 Å². The van der Waals surface area contributed by atoms with Gasteiger partial charge >= 0.3 is 0 Å². The summed E-state index contributed by atoms with van der Waals surface area (Å²) in [5, 5.41) is 7.60. The van der Waals surface area contributed by atoms with Crippen LogP contribution in [0.25, 0.3) is 0 Å². The lowest BCUT2D eigenvalue weighted by molar-refractivity contribution is -0.0531. The van der Waals surface area contributed by atoms with Crippen LogP contribution < -0.4 is 5.32 Å². The van der Waals surface area contributed by atoms with Crippen LogP contribution >= 0.6 is 0 Å². The molecule has 102 valence electrons. The zero-order valence-electron chi connectivity index (χ0n) is 11.0. The van der Waals surface area contributed by atoms with E-state index in [1.54, 1.807) is 7.11 Å². The van der Waals surface area contributed by atoms with Crippen molar-refractivity contribution >= 4 is 0 Å². The van der Waals surface area contributed by atoms with Gasteiger partial charge in [-0.15, -0.1) is 0 Å². The van der Waals surface area contributed by atoms with Crippen LogP contribution in [0.3, 0.4) is 0 Å². The zero-order valence-corrected chi connectivity index (χ0v) is 11.0. The first-order valence-electron chi connectivity index (χ1n) is 6.26. The minimum Gasteiger partial charge on any atom is -0.383 e. The number of nitrogens with one attached hydrogen (secondary N) is 1. The number of methoxy groups -OCH3 is 1. The summed E-state index contributed by atoms with van der Waals surface area (Å²) in [5.41, 5.74) is 1.13. The minimum absolute atomic E-state index is 0.117. The number of hydrogen-bond donors (Lipinski definition) is 1. The smallest absolute Gasteiger partial charge is 0.159 e. The molecule has 1 aliphatic rings. The van der Waals surface area contributed by atoms with Crippen molar-refractivity contribution in [1.82, 2.24) is 15.1 Å². The minimum atomic E-state index is -0.117. The van der Waals surface area contributed by atoms with E-state index in [1.807, 2.05) is 24.0 Å². The van der Waals surface area contributed by atoms with Gasteiger partial charge in [-0.3, -0.25) is 4.68 Å². The van der Waals surface area contributed by atoms with E-state index < -0.39 is 0 Å². The van der Waals surface area contributed by atoms with Gasteiger partial charge in [-0.1, -0.05) is 0 Å². The van der Waals surface area contributed by atoms with Gasteiger partial charge in [0.25, 0.3) is 0 Å². The third-order valence-electron chi connectivity index (χ3n) is 3.08. The monoisotopic (exact) mass is 255 g/mol. The van der Waals surface area contributed by atoms with Gasteiger partial charge in [0.05, 0.1) is 38.1 Å². The van der Waals surface area contributed by atoms with Gasteiger partial charge in [-0.25, -0.2) is 0 Å². The quantitative estimate of drug-likeness (QED) is 0.771. The van der Waals surface area contributed by atoms with Gasteiger partial charge in [0.2, 0.25) is 0 Å². The van der Waals surface area contributed by atoms with E-state index in [4.69, 9.17) is 14.2 Å². The summed E-state index contributed by atoms with van der Waals surface area (Å²) < 4.78 is 18.0. The summed E-state index contributed by atoms with van der Waals surface area (Å²) in [6, 6.07) is 2.19. The average molecular weight is 255 g/mol. The first-order chi connectivity index (χ1) is 8.85. The molecule has 0 aromatic carbocycles. The predicted molar refractivity (Wildman–Crippen MR) is 66.2 cm³/mol. The van der Waals surface area contributed by atoms with Crippen LogP contribution in [0.1, 0.15) is 18.2 Å². The van der Waals surface area contributed by atoms with Gasteiger partial charge < -0.3 is 19.5 Å². The highest BCUT2D eigenvalue weighted by atomic mass is 16.7. The maximum atomic E-state index is 5.49. The highest BCUT2D eigenvalue weighted by molar-refractivity contribution is 5.07. The molecule has 6 nitrogen and oxygen atoms in total. The molecule has 0 amide bonds. The van der Waals surface area contributed by atoms with Crippen molar-refractivity contribution in [2.45, 2.75) is 25.3 Å². The molecule has 0 spiro atoms. The number of ether oxygens (including phenoxy) is 3. The molecule has 2 heterocycles. The lowest BCUT2D eigenvalue weighted by Gasteiger charge is -2.20. The van der Waals surface area contributed by atoms with Crippen molar-refractivity contribution in [1.29, 1.82) is 0 Å². The molecule has 1 saturated heterocycles. The number of hydrogen-bond acceptors (Lipinski definition) is 5. The highest BCUT2D eigenvalue weighted by Gasteiger charge is 2.23. The van der Waals surface area contributed by atoms with E-state index in [9.17, 15) is 0 Å². The molecule has 18 heavy (non-hydrogen) atoms. The molecule has 1 N–H and O–H groups in total. The van der Waals surface area contributed by atoms with Crippen molar-refractivity contribution in [3.8, 4) is 0 Å². The first kappa shape index (κ1) is 13.5. The Morgan fingerprint density at radius 1 is 1.56 bits per heavy atom. The van der Waals surface area contributed by atoms with E-state index in [0.29, 0.717) is 19.8 Å². The SMILES string of the molecule is CNC(CC1OCCO1)c1ccnn1CCOC. The molecule has 1 atom stereocenters. The van der Waals surface area contributed by atoms with Crippen LogP contribution in [0.5, 0.6) is 0 Å². The molecule has 1 fully saturated rings. The Kier molecular flexibility index (Phi) is 5.12. The van der Waals surface area contributed by atoms with Crippen LogP contribution in [0, 0.1) is 0 Å². The molecular formula is C12H21N3O3. The normalized spacial score (nSPS) is 18.3. The summed E-state index contributed by atoms with van der Waals surface area (Å²) in [7, 11) is 3.63. The predicted octanol–water partition coefficient (Wildman–Crippen LogP) is 0.553. The Morgan fingerprint density at radius 2 is 2.33 bits per heavy atom. The maximum absolute atomic E-state index is 5.49. The van der Waals surface area contributed by atoms with Crippen molar-refractivity contribution in [3.63, 3.8) is 0 Å². The molecule has 1 aromatic rings. The summed E-state index contributed by atoms with van der Waals surface area (Å²) in [6.45, 7) is 2.78. The molecule has 1 aliphatic heterocycles. The van der Waals surface area contributed by atoms with Crippen molar-refractivity contribution < 1.29 is 14.2 Å². The number of aromatic nitrogens is 2. The van der Waals surface area contributed by atoms with Crippen molar-refractivity contribution in [2.75, 3.05) is 34.0 Å². The van der Waals surface area contributed by atoms with Crippen LogP contribution in [-0.4, -0.2) is 50.0 Å². The Morgan fingerprint density at radius 3 is 3.00 bits per heavy atom. The summed E-state index contributed by atoms with van der Waals surface area (Å²) >= 11 is 0. The molecule has 0 bridgehead atoms. The molecule has 6 heteroatoms. The van der Waals surface area contributed by atoms with E-state index in [1.165, 1.54) is 0 Å². The fourth-order valence-corrected chi connectivity index (χ4v) is 2.13. The fraction of sp³-hybridized carbons (Fsp3) is 0.750. The number of nitrogens with zero attached hydrogens (tertiary/aromatic N) is 2. The molecule has 1 aromatic heterocycles. The van der Waals surface area contributed by atoms with Gasteiger partial charge in [0, 0.05) is 19.7 Å². The third kappa shape index (κ3) is 3.29. The Hall–Kier alpha value is -0.950. The fourth-order valence-electron chi connectivity index (χ4n) is 2.13. The number of rotatable bonds is 7. The second kappa shape index (κ2) is 6.84. The summed E-state index contributed by atoms with van der Waals surface area (Å²) in [6.07, 6.45) is 2.48. The van der Waals surface area contributed by atoms with Crippen LogP contribution in [-0.2, 0) is 20.8 Å². The Bertz CT molecular complexity index is 350. The molecule has 0 radical (unpaired) electrons. The molecular weight excluding hydrogens is 234 g/mol. The zero-order chi connectivity index (χ0) is 12.8. The highest BCUT2D eigenvalue weighted by Crippen LogP contribution is 2.21. The van der Waals surface area contributed by atoms with Crippen LogP contribution in [0.4, 0.5) is 0 Å². The average Bonchev–Trinajstić information content (AvgIpc) is 3.04.